The average Bonchev–Trinajstić information content (AvgIpc) is 2.46. The smallest absolute Gasteiger partial charge is 0.407 e. The van der Waals surface area contributed by atoms with Gasteiger partial charge in [0.2, 0.25) is 0 Å². The summed E-state index contributed by atoms with van der Waals surface area (Å²) in [6, 6.07) is 9.67. The summed E-state index contributed by atoms with van der Waals surface area (Å²) in [4.78, 5) is 23.3. The number of allylic oxidation sites excluding steroid dienone is 1. The lowest BCUT2D eigenvalue weighted by molar-refractivity contribution is -0.139. The third-order valence-electron chi connectivity index (χ3n) is 3.62. The Morgan fingerprint density at radius 2 is 1.88 bits per heavy atom. The summed E-state index contributed by atoms with van der Waals surface area (Å²) in [5, 5.41) is 2.83. The van der Waals surface area contributed by atoms with E-state index in [1.165, 1.54) is 6.08 Å². The van der Waals surface area contributed by atoms with Crippen LogP contribution in [-0.4, -0.2) is 23.7 Å². The normalized spacial score (nSPS) is 20.3. The van der Waals surface area contributed by atoms with Gasteiger partial charge in [-0.2, -0.15) is 0 Å². The van der Waals surface area contributed by atoms with Crippen LogP contribution in [0.2, 0.25) is 0 Å². The molecule has 24 heavy (non-hydrogen) atoms. The molecule has 1 fully saturated rings. The first-order chi connectivity index (χ1) is 11.3. The third kappa shape index (κ3) is 6.44. The molecule has 1 aromatic rings. The van der Waals surface area contributed by atoms with Crippen LogP contribution in [0.4, 0.5) is 4.79 Å². The molecule has 130 valence electrons. The highest BCUT2D eigenvalue weighted by atomic mass is 16.6. The van der Waals surface area contributed by atoms with E-state index < -0.39 is 11.7 Å². The van der Waals surface area contributed by atoms with Crippen molar-refractivity contribution in [2.24, 2.45) is 5.92 Å². The molecule has 0 saturated heterocycles. The number of benzene rings is 1. The van der Waals surface area contributed by atoms with Crippen LogP contribution in [0.5, 0.6) is 0 Å². The number of hydrogen-bond donors (Lipinski definition) is 1. The molecule has 1 amide bonds. The van der Waals surface area contributed by atoms with E-state index in [2.05, 4.69) is 5.32 Å². The van der Waals surface area contributed by atoms with Crippen LogP contribution < -0.4 is 5.32 Å². The summed E-state index contributed by atoms with van der Waals surface area (Å²) >= 11 is 0. The standard InChI is InChI=1S/C19H25NO4/c1-19(2,3)24-18(22)20-16-11-15(12-16)9-10-17(21)23-13-14-7-5-4-6-8-14/h4-10,15-16H,11-13H2,1-3H3,(H,20,22). The summed E-state index contributed by atoms with van der Waals surface area (Å²) in [6.45, 7) is 5.78. The minimum absolute atomic E-state index is 0.106. The molecule has 2 rings (SSSR count). The lowest BCUT2D eigenvalue weighted by Crippen LogP contribution is -2.45. The van der Waals surface area contributed by atoms with Crippen LogP contribution in [0.15, 0.2) is 42.5 Å². The van der Waals surface area contributed by atoms with Gasteiger partial charge in [-0.15, -0.1) is 0 Å². The second-order valence-electron chi connectivity index (χ2n) is 7.03. The molecule has 0 heterocycles. The van der Waals surface area contributed by atoms with E-state index in [-0.39, 0.29) is 24.5 Å². The van der Waals surface area contributed by atoms with Gasteiger partial charge >= 0.3 is 12.1 Å². The number of carbonyl (C=O) groups excluding carboxylic acids is 2. The first-order valence-electron chi connectivity index (χ1n) is 8.20. The van der Waals surface area contributed by atoms with Gasteiger partial charge in [0.05, 0.1) is 0 Å². The zero-order valence-electron chi connectivity index (χ0n) is 14.5. The Labute approximate surface area is 143 Å². The van der Waals surface area contributed by atoms with Gasteiger partial charge in [-0.25, -0.2) is 9.59 Å². The SMILES string of the molecule is CC(C)(C)OC(=O)NC1CC(C=CC(=O)OCc2ccccc2)C1. The quantitative estimate of drug-likeness (QED) is 0.661. The molecule has 0 aliphatic heterocycles. The fraction of sp³-hybridized carbons (Fsp3) is 0.474. The van der Waals surface area contributed by atoms with Crippen molar-refractivity contribution in [3.63, 3.8) is 0 Å². The van der Waals surface area contributed by atoms with Crippen LogP contribution in [0, 0.1) is 5.92 Å². The largest absolute Gasteiger partial charge is 0.458 e. The number of rotatable bonds is 5. The van der Waals surface area contributed by atoms with Crippen molar-refractivity contribution in [2.75, 3.05) is 0 Å². The van der Waals surface area contributed by atoms with Gasteiger partial charge in [0.15, 0.2) is 0 Å². The van der Waals surface area contributed by atoms with Crippen molar-refractivity contribution in [1.29, 1.82) is 0 Å². The van der Waals surface area contributed by atoms with Gasteiger partial charge in [-0.3, -0.25) is 0 Å². The van der Waals surface area contributed by atoms with Crippen molar-refractivity contribution in [3.8, 4) is 0 Å². The summed E-state index contributed by atoms with van der Waals surface area (Å²) in [7, 11) is 0. The first kappa shape index (κ1) is 18.0. The first-order valence-corrected chi connectivity index (χ1v) is 8.20. The van der Waals surface area contributed by atoms with Crippen LogP contribution in [0.3, 0.4) is 0 Å². The second kappa shape index (κ2) is 7.99. The molecular formula is C19H25NO4. The fourth-order valence-corrected chi connectivity index (χ4v) is 2.40. The van der Waals surface area contributed by atoms with E-state index >= 15 is 0 Å². The maximum absolute atomic E-state index is 11.7. The fourth-order valence-electron chi connectivity index (χ4n) is 2.40. The highest BCUT2D eigenvalue weighted by Crippen LogP contribution is 2.28. The number of esters is 1. The van der Waals surface area contributed by atoms with E-state index in [9.17, 15) is 9.59 Å². The Balaban J connectivity index is 1.63. The number of ether oxygens (including phenoxy) is 2. The highest BCUT2D eigenvalue weighted by molar-refractivity contribution is 5.81. The third-order valence-corrected chi connectivity index (χ3v) is 3.62. The van der Waals surface area contributed by atoms with Crippen molar-refractivity contribution in [3.05, 3.63) is 48.0 Å². The maximum atomic E-state index is 11.7. The molecule has 0 atom stereocenters. The van der Waals surface area contributed by atoms with E-state index in [0.29, 0.717) is 0 Å². The average molecular weight is 331 g/mol. The van der Waals surface area contributed by atoms with Gasteiger partial charge in [-0.05, 0) is 45.1 Å². The monoisotopic (exact) mass is 331 g/mol. The molecule has 0 bridgehead atoms. The van der Waals surface area contributed by atoms with Gasteiger partial charge in [-0.1, -0.05) is 36.4 Å². The second-order valence-corrected chi connectivity index (χ2v) is 7.03. The molecule has 5 nitrogen and oxygen atoms in total. The van der Waals surface area contributed by atoms with Crippen molar-refractivity contribution < 1.29 is 19.1 Å². The topological polar surface area (TPSA) is 64.6 Å². The lowest BCUT2D eigenvalue weighted by atomic mass is 9.80. The van der Waals surface area contributed by atoms with Crippen molar-refractivity contribution >= 4 is 12.1 Å². The summed E-state index contributed by atoms with van der Waals surface area (Å²) in [5.74, 6) is -0.0587. The summed E-state index contributed by atoms with van der Waals surface area (Å²) < 4.78 is 10.4. The van der Waals surface area contributed by atoms with Gasteiger partial charge < -0.3 is 14.8 Å². The number of hydrogen-bond acceptors (Lipinski definition) is 4. The predicted octanol–water partition coefficient (Wildman–Crippen LogP) is 3.59. The molecule has 1 aliphatic carbocycles. The minimum Gasteiger partial charge on any atom is -0.458 e. The lowest BCUT2D eigenvalue weighted by Gasteiger charge is -2.34. The molecule has 0 aromatic heterocycles. The maximum Gasteiger partial charge on any atom is 0.407 e. The number of alkyl carbamates (subject to hydrolysis) is 1. The number of nitrogens with one attached hydrogen (secondary N) is 1. The Hall–Kier alpha value is -2.30. The van der Waals surface area contributed by atoms with Crippen LogP contribution in [0.25, 0.3) is 0 Å². The van der Waals surface area contributed by atoms with Crippen LogP contribution >= 0.6 is 0 Å². The molecule has 5 heteroatoms. The number of carbonyl (C=O) groups is 2. The zero-order chi connectivity index (χ0) is 17.6. The van der Waals surface area contributed by atoms with Crippen molar-refractivity contribution in [1.82, 2.24) is 5.32 Å². The molecule has 1 N–H and O–H groups in total. The minimum atomic E-state index is -0.490. The highest BCUT2D eigenvalue weighted by Gasteiger charge is 2.30. The molecule has 0 spiro atoms. The molecule has 0 unspecified atom stereocenters. The van der Waals surface area contributed by atoms with E-state index in [1.54, 1.807) is 0 Å². The molecular weight excluding hydrogens is 306 g/mol. The Kier molecular flexibility index (Phi) is 6.01. The molecule has 1 aromatic carbocycles. The number of amides is 1. The Morgan fingerprint density at radius 3 is 2.50 bits per heavy atom. The van der Waals surface area contributed by atoms with E-state index in [0.717, 1.165) is 18.4 Å². The van der Waals surface area contributed by atoms with Gasteiger partial charge in [0.1, 0.15) is 12.2 Å². The van der Waals surface area contributed by atoms with E-state index in [4.69, 9.17) is 9.47 Å². The van der Waals surface area contributed by atoms with Crippen molar-refractivity contribution in [2.45, 2.75) is 51.9 Å². The van der Waals surface area contributed by atoms with Crippen LogP contribution in [-0.2, 0) is 20.9 Å². The zero-order valence-corrected chi connectivity index (χ0v) is 14.5. The molecule has 1 aliphatic rings. The predicted molar refractivity (Wildman–Crippen MR) is 91.3 cm³/mol. The van der Waals surface area contributed by atoms with Gasteiger partial charge in [0, 0.05) is 12.1 Å². The molecule has 1 saturated carbocycles. The molecule has 0 radical (unpaired) electrons. The summed E-state index contributed by atoms with van der Waals surface area (Å²) in [6.07, 6.45) is 4.54. The Bertz CT molecular complexity index is 583. The van der Waals surface area contributed by atoms with Crippen LogP contribution in [0.1, 0.15) is 39.2 Å². The van der Waals surface area contributed by atoms with E-state index in [1.807, 2.05) is 57.2 Å². The van der Waals surface area contributed by atoms with Gasteiger partial charge in [0.25, 0.3) is 0 Å². The Morgan fingerprint density at radius 1 is 1.21 bits per heavy atom. The summed E-state index contributed by atoms with van der Waals surface area (Å²) in [5.41, 5.74) is 0.472.